The molecule has 0 bridgehead atoms. The van der Waals surface area contributed by atoms with E-state index in [0.717, 1.165) is 12.8 Å². The van der Waals surface area contributed by atoms with E-state index in [1.54, 1.807) is 60.9 Å². The number of anilines is 2. The van der Waals surface area contributed by atoms with Crippen LogP contribution in [0.15, 0.2) is 91.4 Å². The summed E-state index contributed by atoms with van der Waals surface area (Å²) in [6.07, 6.45) is 6.99. The predicted molar refractivity (Wildman–Crippen MR) is 143 cm³/mol. The van der Waals surface area contributed by atoms with E-state index < -0.39 is 0 Å². The van der Waals surface area contributed by atoms with Gasteiger partial charge in [-0.3, -0.25) is 14.6 Å². The molecule has 9 nitrogen and oxygen atoms in total. The van der Waals surface area contributed by atoms with Crippen molar-refractivity contribution in [1.29, 1.82) is 0 Å². The molecule has 0 atom stereocenters. The lowest BCUT2D eigenvalue weighted by atomic mass is 9.96. The summed E-state index contributed by atoms with van der Waals surface area (Å²) in [7, 11) is 0. The number of benzene rings is 2. The van der Waals surface area contributed by atoms with Crippen molar-refractivity contribution in [1.82, 2.24) is 19.6 Å². The maximum atomic E-state index is 12.9. The third-order valence-electron chi connectivity index (χ3n) is 6.60. The molecule has 2 N–H and O–H groups in total. The minimum Gasteiger partial charge on any atom is -0.438 e. The van der Waals surface area contributed by atoms with Crippen molar-refractivity contribution < 1.29 is 14.3 Å². The lowest BCUT2D eigenvalue weighted by Crippen LogP contribution is -2.13. The van der Waals surface area contributed by atoms with Gasteiger partial charge in [-0.1, -0.05) is 25.1 Å². The monoisotopic (exact) mass is 504 g/mol. The van der Waals surface area contributed by atoms with Gasteiger partial charge in [-0.25, -0.2) is 9.50 Å². The second-order valence-electron chi connectivity index (χ2n) is 9.52. The van der Waals surface area contributed by atoms with E-state index in [2.05, 4.69) is 38.7 Å². The van der Waals surface area contributed by atoms with E-state index in [1.807, 2.05) is 18.2 Å². The lowest BCUT2D eigenvalue weighted by molar-refractivity contribution is 0.101. The van der Waals surface area contributed by atoms with E-state index >= 15 is 0 Å². The van der Waals surface area contributed by atoms with Gasteiger partial charge in [0.2, 0.25) is 5.88 Å². The van der Waals surface area contributed by atoms with Crippen molar-refractivity contribution in [3.05, 3.63) is 108 Å². The van der Waals surface area contributed by atoms with Gasteiger partial charge < -0.3 is 15.4 Å². The molecule has 2 amide bonds. The molecule has 0 saturated heterocycles. The van der Waals surface area contributed by atoms with E-state index in [9.17, 15) is 9.59 Å². The molecule has 2 aromatic carbocycles. The van der Waals surface area contributed by atoms with Gasteiger partial charge in [0.15, 0.2) is 11.5 Å². The van der Waals surface area contributed by atoms with Gasteiger partial charge in [0.1, 0.15) is 5.75 Å². The fraction of sp³-hybridized carbons (Fsp3) is 0.138. The molecule has 1 saturated carbocycles. The van der Waals surface area contributed by atoms with E-state index in [-0.39, 0.29) is 17.2 Å². The Balaban J connectivity index is 1.14. The highest BCUT2D eigenvalue weighted by molar-refractivity contribution is 6.04. The largest absolute Gasteiger partial charge is 0.438 e. The predicted octanol–water partition coefficient (Wildman–Crippen LogP) is 5.47. The number of amides is 2. The van der Waals surface area contributed by atoms with Crippen molar-refractivity contribution in [2.45, 2.75) is 25.2 Å². The van der Waals surface area contributed by atoms with Gasteiger partial charge in [0.05, 0.1) is 11.8 Å². The number of hydrogen-bond acceptors (Lipinski definition) is 6. The molecule has 188 valence electrons. The van der Waals surface area contributed by atoms with E-state index in [0.29, 0.717) is 39.9 Å². The Labute approximate surface area is 218 Å². The Kier molecular flexibility index (Phi) is 5.80. The van der Waals surface area contributed by atoms with Crippen LogP contribution in [0.1, 0.15) is 46.0 Å². The molecule has 38 heavy (non-hydrogen) atoms. The average molecular weight is 505 g/mol. The standard InChI is InChI=1S/C29H24N6O3/c1-29(12-13-29)21-7-2-5-19(15-21)27(36)31-22-8-3-9-23(16-22)38-26-11-10-25-32-24(18-35(25)34-26)33-28(37)20-6-4-14-30-17-20/h2-11,14-18H,12-13H2,1H3,(H,31,36)(H,33,37). The number of nitrogens with one attached hydrogen (secondary N) is 2. The van der Waals surface area contributed by atoms with Crippen LogP contribution in [0.4, 0.5) is 11.5 Å². The minimum absolute atomic E-state index is 0.174. The summed E-state index contributed by atoms with van der Waals surface area (Å²) in [5.74, 6) is 0.707. The first-order valence-electron chi connectivity index (χ1n) is 12.2. The normalized spacial score (nSPS) is 13.6. The number of aromatic nitrogens is 4. The van der Waals surface area contributed by atoms with Crippen LogP contribution in [0.5, 0.6) is 11.6 Å². The minimum atomic E-state index is -0.315. The highest BCUT2D eigenvalue weighted by atomic mass is 16.5. The number of carbonyl (C=O) groups is 2. The average Bonchev–Trinajstić information content (AvgIpc) is 3.56. The Morgan fingerprint density at radius 1 is 0.921 bits per heavy atom. The smallest absolute Gasteiger partial charge is 0.258 e. The highest BCUT2D eigenvalue weighted by Crippen LogP contribution is 2.47. The van der Waals surface area contributed by atoms with Gasteiger partial charge in [-0.05, 0) is 66.3 Å². The molecule has 1 aliphatic rings. The lowest BCUT2D eigenvalue weighted by Gasteiger charge is -2.12. The van der Waals surface area contributed by atoms with E-state index in [1.165, 1.54) is 16.3 Å². The van der Waals surface area contributed by atoms with Crippen LogP contribution in [0, 0.1) is 0 Å². The molecule has 3 heterocycles. The number of nitrogens with zero attached hydrogens (tertiary/aromatic N) is 4. The zero-order valence-electron chi connectivity index (χ0n) is 20.6. The van der Waals surface area contributed by atoms with Crippen LogP contribution >= 0.6 is 0 Å². The van der Waals surface area contributed by atoms with Crippen LogP contribution in [-0.2, 0) is 5.41 Å². The van der Waals surface area contributed by atoms with Crippen molar-refractivity contribution in [2.75, 3.05) is 10.6 Å². The summed E-state index contributed by atoms with van der Waals surface area (Å²) in [6.45, 7) is 2.22. The number of ether oxygens (including phenoxy) is 1. The van der Waals surface area contributed by atoms with Gasteiger partial charge in [0.25, 0.3) is 11.8 Å². The quantitative estimate of drug-likeness (QED) is 0.304. The third-order valence-corrected chi connectivity index (χ3v) is 6.60. The summed E-state index contributed by atoms with van der Waals surface area (Å²) >= 11 is 0. The molecule has 0 spiro atoms. The van der Waals surface area contributed by atoms with Crippen LogP contribution in [0.2, 0.25) is 0 Å². The number of rotatable bonds is 7. The third kappa shape index (κ3) is 4.94. The summed E-state index contributed by atoms with van der Waals surface area (Å²) in [5.41, 5.74) is 3.60. The first kappa shape index (κ1) is 23.4. The molecule has 0 radical (unpaired) electrons. The second-order valence-corrected chi connectivity index (χ2v) is 9.52. The van der Waals surface area contributed by atoms with Crippen molar-refractivity contribution in [3.63, 3.8) is 0 Å². The van der Waals surface area contributed by atoms with E-state index in [4.69, 9.17) is 4.74 Å². The molecule has 0 unspecified atom stereocenters. The molecular formula is C29H24N6O3. The zero-order valence-corrected chi connectivity index (χ0v) is 20.6. The van der Waals surface area contributed by atoms with Crippen molar-refractivity contribution in [2.24, 2.45) is 0 Å². The number of carbonyl (C=O) groups excluding carboxylic acids is 2. The molecule has 3 aromatic heterocycles. The van der Waals surface area contributed by atoms with Crippen molar-refractivity contribution >= 4 is 29.0 Å². The molecule has 1 aliphatic carbocycles. The molecule has 6 rings (SSSR count). The molecule has 0 aliphatic heterocycles. The first-order chi connectivity index (χ1) is 18.4. The number of hydrogen-bond donors (Lipinski definition) is 2. The summed E-state index contributed by atoms with van der Waals surface area (Å²) < 4.78 is 7.46. The maximum Gasteiger partial charge on any atom is 0.258 e. The molecule has 5 aromatic rings. The summed E-state index contributed by atoms with van der Waals surface area (Å²) in [5, 5.41) is 10.1. The summed E-state index contributed by atoms with van der Waals surface area (Å²) in [4.78, 5) is 33.6. The number of fused-ring (bicyclic) bond motifs is 1. The fourth-order valence-electron chi connectivity index (χ4n) is 4.14. The fourth-order valence-corrected chi connectivity index (χ4v) is 4.14. The molecule has 9 heteroatoms. The van der Waals surface area contributed by atoms with Crippen LogP contribution < -0.4 is 15.4 Å². The maximum absolute atomic E-state index is 12.9. The van der Waals surface area contributed by atoms with Gasteiger partial charge >= 0.3 is 0 Å². The zero-order chi connectivity index (χ0) is 26.1. The first-order valence-corrected chi connectivity index (χ1v) is 12.2. The Morgan fingerprint density at radius 2 is 1.74 bits per heavy atom. The van der Waals surface area contributed by atoms with Gasteiger partial charge in [-0.2, -0.15) is 0 Å². The van der Waals surface area contributed by atoms with Crippen LogP contribution in [-0.4, -0.2) is 31.4 Å². The number of pyridine rings is 1. The Hall–Kier alpha value is -5.05. The SMILES string of the molecule is CC1(c2cccc(C(=O)Nc3cccc(Oc4ccc5nc(NC(=O)c6cccnc6)cn5n4)c3)c2)CC1. The summed E-state index contributed by atoms with van der Waals surface area (Å²) in [6, 6.07) is 21.7. The second kappa shape index (κ2) is 9.44. The topological polar surface area (TPSA) is 111 Å². The Morgan fingerprint density at radius 3 is 2.55 bits per heavy atom. The molecule has 1 fully saturated rings. The number of imidazole rings is 1. The highest BCUT2D eigenvalue weighted by Gasteiger charge is 2.39. The van der Waals surface area contributed by atoms with Gasteiger partial charge in [0, 0.05) is 35.8 Å². The van der Waals surface area contributed by atoms with Crippen LogP contribution in [0.25, 0.3) is 5.65 Å². The molecular weight excluding hydrogens is 480 g/mol. The Bertz CT molecular complexity index is 1660. The van der Waals surface area contributed by atoms with Crippen LogP contribution in [0.3, 0.4) is 0 Å². The van der Waals surface area contributed by atoms with Crippen molar-refractivity contribution in [3.8, 4) is 11.6 Å². The van der Waals surface area contributed by atoms with Gasteiger partial charge in [-0.15, -0.1) is 5.10 Å².